The second kappa shape index (κ2) is 7.18. The summed E-state index contributed by atoms with van der Waals surface area (Å²) in [6, 6.07) is 7.91. The van der Waals surface area contributed by atoms with Crippen LogP contribution >= 0.6 is 22.9 Å². The molecule has 3 aromatic heterocycles. The first-order chi connectivity index (χ1) is 14.9. The summed E-state index contributed by atoms with van der Waals surface area (Å²) in [7, 11) is 0. The minimum Gasteiger partial charge on any atom is -0.477 e. The molecule has 154 valence electrons. The van der Waals surface area contributed by atoms with E-state index in [2.05, 4.69) is 20.3 Å². The van der Waals surface area contributed by atoms with Crippen molar-refractivity contribution >= 4 is 62.3 Å². The molecule has 0 spiro atoms. The van der Waals surface area contributed by atoms with Gasteiger partial charge < -0.3 is 15.2 Å². The van der Waals surface area contributed by atoms with Crippen LogP contribution in [0.3, 0.4) is 0 Å². The lowest BCUT2D eigenvalue weighted by Gasteiger charge is -2.27. The summed E-state index contributed by atoms with van der Waals surface area (Å²) < 4.78 is 5.77. The minimum atomic E-state index is -1.15. The van der Waals surface area contributed by atoms with Crippen LogP contribution in [-0.2, 0) is 0 Å². The Morgan fingerprint density at radius 2 is 2.06 bits per heavy atom. The van der Waals surface area contributed by atoms with E-state index in [1.165, 1.54) is 11.2 Å². The van der Waals surface area contributed by atoms with Gasteiger partial charge in [0.15, 0.2) is 5.82 Å². The number of carboxylic acids is 1. The number of benzene rings is 1. The van der Waals surface area contributed by atoms with E-state index in [0.29, 0.717) is 27.4 Å². The molecule has 0 aliphatic carbocycles. The van der Waals surface area contributed by atoms with Gasteiger partial charge >= 0.3 is 12.0 Å². The summed E-state index contributed by atoms with van der Waals surface area (Å²) in [5.74, 6) is 0.0520. The van der Waals surface area contributed by atoms with Gasteiger partial charge in [0.1, 0.15) is 27.5 Å². The standard InChI is InChI=1S/C20H12ClN5O4S/c1-9-2-4-11(7-22-9)30-13-5-3-10(6-12(13)21)26-17-14-15(25-20(26)29)16(19(27)28)31-18(14)24-8-23-17/h2-8H,1H3,(H,25,29)(H,27,28). The van der Waals surface area contributed by atoms with Crippen LogP contribution in [0.2, 0.25) is 5.02 Å². The summed E-state index contributed by atoms with van der Waals surface area (Å²) in [5, 5.41) is 12.8. The molecule has 4 heterocycles. The zero-order valence-corrected chi connectivity index (χ0v) is 17.4. The smallest absolute Gasteiger partial charge is 0.348 e. The average molecular weight is 454 g/mol. The van der Waals surface area contributed by atoms with Gasteiger partial charge in [0.2, 0.25) is 0 Å². The maximum Gasteiger partial charge on any atom is 0.348 e. The Hall–Kier alpha value is -3.76. The summed E-state index contributed by atoms with van der Waals surface area (Å²) in [6.45, 7) is 1.87. The van der Waals surface area contributed by atoms with Crippen molar-refractivity contribution in [2.24, 2.45) is 0 Å². The molecule has 1 aliphatic heterocycles. The van der Waals surface area contributed by atoms with E-state index >= 15 is 0 Å². The van der Waals surface area contributed by atoms with Gasteiger partial charge in [0, 0.05) is 5.69 Å². The zero-order chi connectivity index (χ0) is 21.7. The molecule has 0 saturated heterocycles. The van der Waals surface area contributed by atoms with Crippen molar-refractivity contribution in [3.05, 3.63) is 58.4 Å². The number of thiophene rings is 1. The molecule has 31 heavy (non-hydrogen) atoms. The first-order valence-corrected chi connectivity index (χ1v) is 10.1. The molecule has 2 amide bonds. The number of ether oxygens (including phenoxy) is 1. The molecule has 0 fully saturated rings. The van der Waals surface area contributed by atoms with Crippen molar-refractivity contribution in [3.8, 4) is 11.5 Å². The van der Waals surface area contributed by atoms with Gasteiger partial charge in [-0.15, -0.1) is 11.3 Å². The Kier molecular flexibility index (Phi) is 4.45. The number of pyridine rings is 1. The zero-order valence-electron chi connectivity index (χ0n) is 15.8. The average Bonchev–Trinajstić information content (AvgIpc) is 3.11. The van der Waals surface area contributed by atoms with E-state index in [1.807, 2.05) is 13.0 Å². The third kappa shape index (κ3) is 3.22. The van der Waals surface area contributed by atoms with Crippen molar-refractivity contribution in [2.75, 3.05) is 10.2 Å². The lowest BCUT2D eigenvalue weighted by Crippen LogP contribution is -2.34. The number of halogens is 1. The van der Waals surface area contributed by atoms with Crippen LogP contribution in [0.25, 0.3) is 10.2 Å². The topological polar surface area (TPSA) is 118 Å². The monoisotopic (exact) mass is 453 g/mol. The molecule has 0 atom stereocenters. The summed E-state index contributed by atoms with van der Waals surface area (Å²) >= 11 is 7.39. The number of aromatic carboxylic acids is 1. The van der Waals surface area contributed by atoms with Crippen molar-refractivity contribution in [3.63, 3.8) is 0 Å². The van der Waals surface area contributed by atoms with Crippen LogP contribution in [-0.4, -0.2) is 32.1 Å². The summed E-state index contributed by atoms with van der Waals surface area (Å²) in [5.41, 5.74) is 1.49. The number of rotatable bonds is 4. The molecule has 0 saturated carbocycles. The van der Waals surface area contributed by atoms with E-state index in [9.17, 15) is 14.7 Å². The van der Waals surface area contributed by atoms with Gasteiger partial charge in [-0.25, -0.2) is 24.5 Å². The van der Waals surface area contributed by atoms with E-state index in [1.54, 1.807) is 30.5 Å². The molecular formula is C20H12ClN5O4S. The second-order valence-electron chi connectivity index (χ2n) is 6.61. The fourth-order valence-corrected chi connectivity index (χ4v) is 4.35. The molecule has 5 rings (SSSR count). The van der Waals surface area contributed by atoms with Crippen molar-refractivity contribution < 1.29 is 19.4 Å². The van der Waals surface area contributed by atoms with Crippen LogP contribution in [0.1, 0.15) is 15.4 Å². The summed E-state index contributed by atoms with van der Waals surface area (Å²) in [6.07, 6.45) is 2.88. The number of hydrogen-bond donors (Lipinski definition) is 2. The highest BCUT2D eigenvalue weighted by atomic mass is 35.5. The molecule has 2 N–H and O–H groups in total. The van der Waals surface area contributed by atoms with Gasteiger partial charge in [-0.2, -0.15) is 0 Å². The van der Waals surface area contributed by atoms with Gasteiger partial charge in [-0.05, 0) is 37.3 Å². The molecule has 1 aliphatic rings. The third-order valence-corrected chi connectivity index (χ3v) is 5.98. The maximum atomic E-state index is 12.9. The number of urea groups is 1. The number of amides is 2. The van der Waals surface area contributed by atoms with Crippen molar-refractivity contribution in [2.45, 2.75) is 6.92 Å². The molecule has 1 aromatic carbocycles. The Balaban J connectivity index is 1.55. The number of carbonyl (C=O) groups excluding carboxylic acids is 1. The number of carboxylic acid groups (broad SMARTS) is 1. The van der Waals surface area contributed by atoms with E-state index in [4.69, 9.17) is 16.3 Å². The Bertz CT molecular complexity index is 1370. The second-order valence-corrected chi connectivity index (χ2v) is 8.01. The normalized spacial score (nSPS) is 12.7. The predicted octanol–water partition coefficient (Wildman–Crippen LogP) is 5.22. The highest BCUT2D eigenvalue weighted by Gasteiger charge is 2.34. The molecule has 0 bridgehead atoms. The van der Waals surface area contributed by atoms with Crippen LogP contribution in [0.5, 0.6) is 11.5 Å². The highest BCUT2D eigenvalue weighted by molar-refractivity contribution is 7.21. The molecule has 9 nitrogen and oxygen atoms in total. The summed E-state index contributed by atoms with van der Waals surface area (Å²) in [4.78, 5) is 38.8. The van der Waals surface area contributed by atoms with Crippen LogP contribution < -0.4 is 15.0 Å². The molecular weight excluding hydrogens is 442 g/mol. The largest absolute Gasteiger partial charge is 0.477 e. The number of carbonyl (C=O) groups is 2. The van der Waals surface area contributed by atoms with Gasteiger partial charge in [-0.1, -0.05) is 11.6 Å². The van der Waals surface area contributed by atoms with E-state index < -0.39 is 12.0 Å². The molecule has 0 unspecified atom stereocenters. The van der Waals surface area contributed by atoms with Crippen molar-refractivity contribution in [1.29, 1.82) is 0 Å². The molecule has 0 radical (unpaired) electrons. The molecule has 4 aromatic rings. The quantitative estimate of drug-likeness (QED) is 0.434. The molecule has 11 heteroatoms. The van der Waals surface area contributed by atoms with Crippen LogP contribution in [0.4, 0.5) is 22.0 Å². The maximum absolute atomic E-state index is 12.9. The minimum absolute atomic E-state index is 0.00163. The fraction of sp³-hybridized carbons (Fsp3) is 0.0500. The fourth-order valence-electron chi connectivity index (χ4n) is 3.21. The van der Waals surface area contributed by atoms with Gasteiger partial charge in [-0.3, -0.25) is 4.98 Å². The Morgan fingerprint density at radius 3 is 2.77 bits per heavy atom. The van der Waals surface area contributed by atoms with Crippen LogP contribution in [0.15, 0.2) is 42.9 Å². The first kappa shape index (κ1) is 19.2. The SMILES string of the molecule is Cc1ccc(Oc2ccc(N3C(=O)Nc4c(C(=O)O)sc5ncnc3c45)cc2Cl)cn1. The number of nitrogens with one attached hydrogen (secondary N) is 1. The first-order valence-electron chi connectivity index (χ1n) is 8.94. The Morgan fingerprint density at radius 1 is 1.23 bits per heavy atom. The number of nitrogens with zero attached hydrogens (tertiary/aromatic N) is 4. The number of aromatic nitrogens is 3. The van der Waals surface area contributed by atoms with Crippen molar-refractivity contribution in [1.82, 2.24) is 15.0 Å². The Labute approximate surface area is 183 Å². The predicted molar refractivity (Wildman–Crippen MR) is 116 cm³/mol. The number of hydrogen-bond acceptors (Lipinski definition) is 7. The van der Waals surface area contributed by atoms with E-state index in [0.717, 1.165) is 17.0 Å². The lowest BCUT2D eigenvalue weighted by atomic mass is 10.2. The number of anilines is 3. The highest BCUT2D eigenvalue weighted by Crippen LogP contribution is 2.45. The van der Waals surface area contributed by atoms with Gasteiger partial charge in [0.05, 0.1) is 28.0 Å². The third-order valence-electron chi connectivity index (χ3n) is 4.60. The van der Waals surface area contributed by atoms with Crippen LogP contribution in [0, 0.1) is 6.92 Å². The lowest BCUT2D eigenvalue weighted by molar-refractivity contribution is 0.0703. The van der Waals surface area contributed by atoms with E-state index in [-0.39, 0.29) is 21.4 Å². The number of aryl methyl sites for hydroxylation is 1. The van der Waals surface area contributed by atoms with Gasteiger partial charge in [0.25, 0.3) is 0 Å².